The van der Waals surface area contributed by atoms with Crippen molar-refractivity contribution in [1.29, 1.82) is 5.26 Å². The van der Waals surface area contributed by atoms with Crippen LogP contribution < -0.4 is 20.1 Å². The maximum Gasteiger partial charge on any atom is 0.234 e. The van der Waals surface area contributed by atoms with E-state index in [4.69, 9.17) is 14.7 Å². The molecule has 0 atom stereocenters. The molecule has 1 amide bonds. The molecule has 19 heavy (non-hydrogen) atoms. The molecule has 0 aliphatic carbocycles. The van der Waals surface area contributed by atoms with Gasteiger partial charge in [0.15, 0.2) is 11.5 Å². The van der Waals surface area contributed by atoms with Crippen LogP contribution in [0.5, 0.6) is 11.5 Å². The fourth-order valence-electron chi connectivity index (χ4n) is 1.69. The Kier molecular flexibility index (Phi) is 4.59. The van der Waals surface area contributed by atoms with Crippen molar-refractivity contribution in [1.82, 2.24) is 10.6 Å². The number of carbonyl (C=O) groups is 1. The summed E-state index contributed by atoms with van der Waals surface area (Å²) in [5.41, 5.74) is 1.02. The Morgan fingerprint density at radius 2 is 2.21 bits per heavy atom. The minimum Gasteiger partial charge on any atom is -0.454 e. The third-order valence-corrected chi connectivity index (χ3v) is 2.61. The predicted octanol–water partition coefficient (Wildman–Crippen LogP) is 0.535. The first kappa shape index (κ1) is 13.2. The van der Waals surface area contributed by atoms with Gasteiger partial charge in [0.05, 0.1) is 19.0 Å². The standard InChI is InChI=1S/C13H15N3O3/c14-4-1-5-16-13(17)8-15-7-10-2-3-11-12(6-10)19-9-18-11/h2-3,6,15H,1,5,7-9H2,(H,16,17). The molecule has 0 bridgehead atoms. The maximum atomic E-state index is 11.4. The molecule has 6 nitrogen and oxygen atoms in total. The lowest BCUT2D eigenvalue weighted by Crippen LogP contribution is -2.34. The molecule has 0 saturated carbocycles. The summed E-state index contributed by atoms with van der Waals surface area (Å²) < 4.78 is 10.5. The zero-order chi connectivity index (χ0) is 13.5. The lowest BCUT2D eigenvalue weighted by molar-refractivity contribution is -0.120. The van der Waals surface area contributed by atoms with Crippen LogP contribution in [0.15, 0.2) is 18.2 Å². The van der Waals surface area contributed by atoms with E-state index in [0.717, 1.165) is 17.1 Å². The van der Waals surface area contributed by atoms with Gasteiger partial charge in [-0.1, -0.05) is 6.07 Å². The highest BCUT2D eigenvalue weighted by atomic mass is 16.7. The van der Waals surface area contributed by atoms with Crippen LogP contribution in [0.1, 0.15) is 12.0 Å². The average molecular weight is 261 g/mol. The fraction of sp³-hybridized carbons (Fsp3) is 0.385. The first-order valence-electron chi connectivity index (χ1n) is 6.02. The number of hydrogen-bond acceptors (Lipinski definition) is 5. The first-order valence-corrected chi connectivity index (χ1v) is 6.02. The van der Waals surface area contributed by atoms with Gasteiger partial charge >= 0.3 is 0 Å². The normalized spacial score (nSPS) is 11.9. The minimum absolute atomic E-state index is 0.115. The van der Waals surface area contributed by atoms with Crippen LogP contribution >= 0.6 is 0 Å². The Labute approximate surface area is 111 Å². The summed E-state index contributed by atoms with van der Waals surface area (Å²) >= 11 is 0. The molecule has 2 rings (SSSR count). The summed E-state index contributed by atoms with van der Waals surface area (Å²) in [7, 11) is 0. The molecular weight excluding hydrogens is 246 g/mol. The number of rotatable bonds is 6. The molecule has 1 aliphatic heterocycles. The van der Waals surface area contributed by atoms with Crippen molar-refractivity contribution in [3.63, 3.8) is 0 Å². The van der Waals surface area contributed by atoms with Crippen LogP contribution in [-0.2, 0) is 11.3 Å². The molecule has 1 aromatic rings. The average Bonchev–Trinajstić information content (AvgIpc) is 2.86. The summed E-state index contributed by atoms with van der Waals surface area (Å²) in [6.45, 7) is 1.44. The highest BCUT2D eigenvalue weighted by Crippen LogP contribution is 2.32. The molecule has 0 aromatic heterocycles. The number of amides is 1. The summed E-state index contributed by atoms with van der Waals surface area (Å²) in [6, 6.07) is 7.64. The molecule has 0 radical (unpaired) electrons. The number of fused-ring (bicyclic) bond motifs is 1. The van der Waals surface area contributed by atoms with E-state index in [1.54, 1.807) is 0 Å². The van der Waals surface area contributed by atoms with E-state index in [-0.39, 0.29) is 19.2 Å². The predicted molar refractivity (Wildman–Crippen MR) is 67.5 cm³/mol. The number of nitriles is 1. The minimum atomic E-state index is -0.115. The van der Waals surface area contributed by atoms with Gasteiger partial charge in [-0.25, -0.2) is 0 Å². The summed E-state index contributed by atoms with van der Waals surface area (Å²) in [5, 5.41) is 14.0. The molecule has 0 unspecified atom stereocenters. The van der Waals surface area contributed by atoms with Crippen LogP contribution in [0.3, 0.4) is 0 Å². The summed E-state index contributed by atoms with van der Waals surface area (Å²) in [6.07, 6.45) is 0.327. The van der Waals surface area contributed by atoms with Gasteiger partial charge < -0.3 is 20.1 Å². The zero-order valence-electron chi connectivity index (χ0n) is 10.4. The van der Waals surface area contributed by atoms with Crippen LogP contribution in [0, 0.1) is 11.3 Å². The van der Waals surface area contributed by atoms with Crippen LogP contribution in [-0.4, -0.2) is 25.8 Å². The van der Waals surface area contributed by atoms with Gasteiger partial charge in [0.1, 0.15) is 0 Å². The second kappa shape index (κ2) is 6.61. The molecule has 2 N–H and O–H groups in total. The Hall–Kier alpha value is -2.26. The van der Waals surface area contributed by atoms with E-state index >= 15 is 0 Å². The topological polar surface area (TPSA) is 83.4 Å². The monoisotopic (exact) mass is 261 g/mol. The van der Waals surface area contributed by atoms with Crippen molar-refractivity contribution in [2.45, 2.75) is 13.0 Å². The number of nitrogens with one attached hydrogen (secondary N) is 2. The quantitative estimate of drug-likeness (QED) is 0.730. The second-order valence-corrected chi connectivity index (χ2v) is 4.05. The van der Waals surface area contributed by atoms with E-state index in [0.29, 0.717) is 19.5 Å². The van der Waals surface area contributed by atoms with Crippen molar-refractivity contribution in [3.8, 4) is 17.6 Å². The van der Waals surface area contributed by atoms with Crippen molar-refractivity contribution in [2.24, 2.45) is 0 Å². The number of nitrogens with zero attached hydrogens (tertiary/aromatic N) is 1. The second-order valence-electron chi connectivity index (χ2n) is 4.05. The molecule has 1 aromatic carbocycles. The summed E-state index contributed by atoms with van der Waals surface area (Å²) in [5.74, 6) is 1.37. The Morgan fingerprint density at radius 3 is 3.05 bits per heavy atom. The van der Waals surface area contributed by atoms with Crippen LogP contribution in [0.25, 0.3) is 0 Å². The number of carbonyl (C=O) groups excluding carboxylic acids is 1. The van der Waals surface area contributed by atoms with Crippen molar-refractivity contribution in [2.75, 3.05) is 19.9 Å². The third-order valence-electron chi connectivity index (χ3n) is 2.61. The Balaban J connectivity index is 1.71. The largest absolute Gasteiger partial charge is 0.454 e. The van der Waals surface area contributed by atoms with Crippen molar-refractivity contribution in [3.05, 3.63) is 23.8 Å². The molecule has 1 heterocycles. The molecular formula is C13H15N3O3. The fourth-order valence-corrected chi connectivity index (χ4v) is 1.69. The lowest BCUT2D eigenvalue weighted by atomic mass is 10.2. The number of ether oxygens (including phenoxy) is 2. The van der Waals surface area contributed by atoms with Gasteiger partial charge in [0, 0.05) is 13.1 Å². The number of hydrogen-bond donors (Lipinski definition) is 2. The highest BCUT2D eigenvalue weighted by molar-refractivity contribution is 5.77. The summed E-state index contributed by atoms with van der Waals surface area (Å²) in [4.78, 5) is 11.4. The van der Waals surface area contributed by atoms with Crippen molar-refractivity contribution < 1.29 is 14.3 Å². The van der Waals surface area contributed by atoms with Gasteiger partial charge in [0.25, 0.3) is 0 Å². The Bertz CT molecular complexity index is 496. The molecule has 0 fully saturated rings. The van der Waals surface area contributed by atoms with Gasteiger partial charge in [0.2, 0.25) is 12.7 Å². The molecule has 0 spiro atoms. The SMILES string of the molecule is N#CCCNC(=O)CNCc1ccc2c(c1)OCO2. The van der Waals surface area contributed by atoms with Gasteiger partial charge in [-0.05, 0) is 17.7 Å². The third kappa shape index (κ3) is 3.86. The van der Waals surface area contributed by atoms with E-state index in [2.05, 4.69) is 10.6 Å². The van der Waals surface area contributed by atoms with Crippen LogP contribution in [0.4, 0.5) is 0 Å². The Morgan fingerprint density at radius 1 is 1.37 bits per heavy atom. The maximum absolute atomic E-state index is 11.4. The molecule has 6 heteroatoms. The molecule has 0 saturated heterocycles. The number of benzene rings is 1. The lowest BCUT2D eigenvalue weighted by Gasteiger charge is -2.06. The van der Waals surface area contributed by atoms with Gasteiger partial charge in [-0.2, -0.15) is 5.26 Å². The smallest absolute Gasteiger partial charge is 0.234 e. The highest BCUT2D eigenvalue weighted by Gasteiger charge is 2.12. The zero-order valence-corrected chi connectivity index (χ0v) is 10.4. The molecule has 100 valence electrons. The van der Waals surface area contributed by atoms with Crippen molar-refractivity contribution >= 4 is 5.91 Å². The van der Waals surface area contributed by atoms with E-state index in [9.17, 15) is 4.79 Å². The van der Waals surface area contributed by atoms with Gasteiger partial charge in [-0.15, -0.1) is 0 Å². The van der Waals surface area contributed by atoms with E-state index in [1.165, 1.54) is 0 Å². The van der Waals surface area contributed by atoms with Crippen LogP contribution in [0.2, 0.25) is 0 Å². The van der Waals surface area contributed by atoms with E-state index in [1.807, 2.05) is 24.3 Å². The molecule has 1 aliphatic rings. The van der Waals surface area contributed by atoms with Gasteiger partial charge in [-0.3, -0.25) is 4.79 Å². The first-order chi connectivity index (χ1) is 9.29. The van der Waals surface area contributed by atoms with E-state index < -0.39 is 0 Å².